The number of benzene rings is 2. The van der Waals surface area contributed by atoms with Crippen LogP contribution in [0.5, 0.6) is 5.75 Å². The Morgan fingerprint density at radius 1 is 1.23 bits per heavy atom. The van der Waals surface area contributed by atoms with E-state index in [2.05, 4.69) is 21.2 Å². The number of halogens is 1. The zero-order chi connectivity index (χ0) is 21.8. The molecule has 0 atom stereocenters. The van der Waals surface area contributed by atoms with Crippen LogP contribution in [0.3, 0.4) is 0 Å². The van der Waals surface area contributed by atoms with Gasteiger partial charge in [-0.2, -0.15) is 0 Å². The Morgan fingerprint density at radius 2 is 2.00 bits per heavy atom. The summed E-state index contributed by atoms with van der Waals surface area (Å²) in [6, 6.07) is 12.7. The van der Waals surface area contributed by atoms with E-state index in [1.807, 2.05) is 45.0 Å². The summed E-state index contributed by atoms with van der Waals surface area (Å²) in [4.78, 5) is 38.5. The minimum Gasteiger partial charge on any atom is -0.490 e. The molecule has 1 aliphatic heterocycles. The van der Waals surface area contributed by atoms with Gasteiger partial charge >= 0.3 is 0 Å². The molecule has 2 aromatic rings. The highest BCUT2D eigenvalue weighted by Crippen LogP contribution is 2.34. The van der Waals surface area contributed by atoms with Crippen molar-refractivity contribution < 1.29 is 19.1 Å². The molecule has 0 bridgehead atoms. The molecule has 0 saturated carbocycles. The maximum atomic E-state index is 12.7. The van der Waals surface area contributed by atoms with E-state index in [0.29, 0.717) is 11.4 Å². The zero-order valence-corrected chi connectivity index (χ0v) is 19.2. The van der Waals surface area contributed by atoms with Crippen molar-refractivity contribution in [2.75, 3.05) is 11.9 Å². The highest BCUT2D eigenvalue weighted by molar-refractivity contribution is 9.10. The number of carbonyl (C=O) groups is 3. The number of thioether (sulfide) groups is 1. The molecule has 0 aliphatic carbocycles. The maximum Gasteiger partial charge on any atom is 0.294 e. The Morgan fingerprint density at radius 3 is 2.67 bits per heavy atom. The van der Waals surface area contributed by atoms with Crippen LogP contribution >= 0.6 is 27.7 Å². The van der Waals surface area contributed by atoms with E-state index in [1.54, 1.807) is 24.3 Å². The van der Waals surface area contributed by atoms with Gasteiger partial charge in [0.1, 0.15) is 12.3 Å². The highest BCUT2D eigenvalue weighted by Gasteiger charge is 2.36. The van der Waals surface area contributed by atoms with E-state index in [9.17, 15) is 14.4 Å². The van der Waals surface area contributed by atoms with Gasteiger partial charge in [-0.25, -0.2) is 0 Å². The Balaban J connectivity index is 1.69. The fourth-order valence-corrected chi connectivity index (χ4v) is 4.14. The summed E-state index contributed by atoms with van der Waals surface area (Å²) in [7, 11) is 0. The average Bonchev–Trinajstić information content (AvgIpc) is 2.91. The van der Waals surface area contributed by atoms with Gasteiger partial charge in [-0.15, -0.1) is 0 Å². The van der Waals surface area contributed by atoms with Crippen LogP contribution in [0.4, 0.5) is 10.5 Å². The van der Waals surface area contributed by atoms with Gasteiger partial charge in [-0.05, 0) is 89.9 Å². The summed E-state index contributed by atoms with van der Waals surface area (Å²) < 4.78 is 6.43. The van der Waals surface area contributed by atoms with Gasteiger partial charge in [-0.1, -0.05) is 18.2 Å². The first-order valence-electron chi connectivity index (χ1n) is 9.31. The highest BCUT2D eigenvalue weighted by atomic mass is 79.9. The first kappa shape index (κ1) is 22.1. The molecular weight excluding hydrogens is 468 g/mol. The van der Waals surface area contributed by atoms with E-state index >= 15 is 0 Å². The van der Waals surface area contributed by atoms with Crippen LogP contribution in [0.25, 0.3) is 6.08 Å². The Bertz CT molecular complexity index is 1040. The van der Waals surface area contributed by atoms with Crippen molar-refractivity contribution in [3.8, 4) is 5.75 Å². The number of aryl methyl sites for hydroxylation is 1. The molecule has 1 heterocycles. The quantitative estimate of drug-likeness (QED) is 0.564. The van der Waals surface area contributed by atoms with Crippen molar-refractivity contribution in [2.24, 2.45) is 0 Å². The van der Waals surface area contributed by atoms with Gasteiger partial charge < -0.3 is 10.1 Å². The number of carbonyl (C=O) groups excluding carboxylic acids is 3. The fourth-order valence-electron chi connectivity index (χ4n) is 2.81. The van der Waals surface area contributed by atoms with Gasteiger partial charge in [0.25, 0.3) is 11.1 Å². The molecule has 1 fully saturated rings. The molecule has 3 amide bonds. The summed E-state index contributed by atoms with van der Waals surface area (Å²) in [5, 5.41) is 2.24. The van der Waals surface area contributed by atoms with E-state index in [1.165, 1.54) is 0 Å². The second kappa shape index (κ2) is 9.49. The number of hydrogen-bond acceptors (Lipinski definition) is 5. The number of nitrogens with one attached hydrogen (secondary N) is 1. The number of imide groups is 1. The van der Waals surface area contributed by atoms with Crippen LogP contribution in [0, 0.1) is 6.92 Å². The van der Waals surface area contributed by atoms with Crippen LogP contribution in [0.1, 0.15) is 25.0 Å². The van der Waals surface area contributed by atoms with Crippen molar-refractivity contribution in [2.45, 2.75) is 26.9 Å². The Labute approximate surface area is 187 Å². The predicted molar refractivity (Wildman–Crippen MR) is 122 cm³/mol. The van der Waals surface area contributed by atoms with Crippen LogP contribution in [0.2, 0.25) is 0 Å². The summed E-state index contributed by atoms with van der Waals surface area (Å²) in [5.74, 6) is -0.215. The molecule has 0 radical (unpaired) electrons. The van der Waals surface area contributed by atoms with Crippen LogP contribution in [0.15, 0.2) is 51.8 Å². The number of ether oxygens (including phenoxy) is 1. The molecule has 1 saturated heterocycles. The van der Waals surface area contributed by atoms with Crippen molar-refractivity contribution in [3.05, 3.63) is 63.0 Å². The van der Waals surface area contributed by atoms with Crippen molar-refractivity contribution in [1.82, 2.24) is 4.90 Å². The first-order chi connectivity index (χ1) is 14.2. The lowest BCUT2D eigenvalue weighted by atomic mass is 10.2. The second-order valence-corrected chi connectivity index (χ2v) is 8.89. The first-order valence-corrected chi connectivity index (χ1v) is 10.9. The molecule has 30 heavy (non-hydrogen) atoms. The molecule has 6 nitrogen and oxygen atoms in total. The van der Waals surface area contributed by atoms with Gasteiger partial charge in [0.05, 0.1) is 15.5 Å². The van der Waals surface area contributed by atoms with E-state index < -0.39 is 17.1 Å². The fraction of sp³-hybridized carbons (Fsp3) is 0.227. The van der Waals surface area contributed by atoms with E-state index in [0.717, 1.165) is 32.3 Å². The zero-order valence-electron chi connectivity index (χ0n) is 16.8. The standard InChI is InChI=1S/C22H21BrN2O4S/c1-13(2)29-18-8-7-15(10-17(18)23)11-19-21(27)25(22(28)30-19)12-20(26)24-16-6-4-5-14(3)9-16/h4-11,13H,12H2,1-3H3,(H,24,26)/b19-11-. The average molecular weight is 489 g/mol. The number of anilines is 1. The number of hydrogen-bond donors (Lipinski definition) is 1. The number of amides is 3. The molecule has 0 aromatic heterocycles. The second-order valence-electron chi connectivity index (χ2n) is 7.04. The van der Waals surface area contributed by atoms with Gasteiger partial charge in [0.15, 0.2) is 0 Å². The summed E-state index contributed by atoms with van der Waals surface area (Å²) >= 11 is 4.28. The van der Waals surface area contributed by atoms with Crippen LogP contribution in [-0.2, 0) is 9.59 Å². The largest absolute Gasteiger partial charge is 0.490 e. The van der Waals surface area contributed by atoms with Gasteiger partial charge in [-0.3, -0.25) is 19.3 Å². The maximum absolute atomic E-state index is 12.7. The van der Waals surface area contributed by atoms with Gasteiger partial charge in [0.2, 0.25) is 5.91 Å². The predicted octanol–water partition coefficient (Wildman–Crippen LogP) is 5.22. The molecule has 1 aliphatic rings. The Kier molecular flexibility index (Phi) is 6.99. The molecule has 156 valence electrons. The Hall–Kier alpha value is -2.58. The van der Waals surface area contributed by atoms with Crippen LogP contribution < -0.4 is 10.1 Å². The summed E-state index contributed by atoms with van der Waals surface area (Å²) in [6.45, 7) is 5.45. The lowest BCUT2D eigenvalue weighted by molar-refractivity contribution is -0.127. The minimum atomic E-state index is -0.483. The monoisotopic (exact) mass is 488 g/mol. The van der Waals surface area contributed by atoms with Crippen molar-refractivity contribution in [3.63, 3.8) is 0 Å². The molecule has 3 rings (SSSR count). The van der Waals surface area contributed by atoms with Crippen LogP contribution in [-0.4, -0.2) is 34.6 Å². The lowest BCUT2D eigenvalue weighted by Gasteiger charge is -2.13. The molecule has 8 heteroatoms. The molecule has 2 aromatic carbocycles. The molecule has 0 unspecified atom stereocenters. The SMILES string of the molecule is Cc1cccc(NC(=O)CN2C(=O)S/C(=C\c3ccc(OC(C)C)c(Br)c3)C2=O)c1. The summed E-state index contributed by atoms with van der Waals surface area (Å²) in [5.41, 5.74) is 2.36. The number of rotatable bonds is 6. The molecular formula is C22H21BrN2O4S. The van der Waals surface area contributed by atoms with Crippen molar-refractivity contribution >= 4 is 56.5 Å². The van der Waals surface area contributed by atoms with Crippen molar-refractivity contribution in [1.29, 1.82) is 0 Å². The third kappa shape index (κ3) is 5.52. The minimum absolute atomic E-state index is 0.0367. The smallest absolute Gasteiger partial charge is 0.294 e. The third-order valence-electron chi connectivity index (χ3n) is 4.09. The van der Waals surface area contributed by atoms with Gasteiger partial charge in [0, 0.05) is 5.69 Å². The number of nitrogens with zero attached hydrogens (tertiary/aromatic N) is 1. The lowest BCUT2D eigenvalue weighted by Crippen LogP contribution is -2.36. The molecule has 0 spiro atoms. The topological polar surface area (TPSA) is 75.7 Å². The summed E-state index contributed by atoms with van der Waals surface area (Å²) in [6.07, 6.45) is 1.67. The normalized spacial score (nSPS) is 15.2. The molecule has 1 N–H and O–H groups in total. The third-order valence-corrected chi connectivity index (χ3v) is 5.62. The van der Waals surface area contributed by atoms with E-state index in [-0.39, 0.29) is 17.6 Å². The van der Waals surface area contributed by atoms with E-state index in [4.69, 9.17) is 4.74 Å².